The molecule has 1 aromatic carbocycles. The van der Waals surface area contributed by atoms with Crippen molar-refractivity contribution in [3.63, 3.8) is 0 Å². The average Bonchev–Trinajstić information content (AvgIpc) is 2.46. The van der Waals surface area contributed by atoms with Crippen molar-refractivity contribution in [1.29, 1.82) is 0 Å². The first-order valence-corrected chi connectivity index (χ1v) is 7.13. The van der Waals surface area contributed by atoms with Gasteiger partial charge in [-0.25, -0.2) is 15.4 Å². The van der Waals surface area contributed by atoms with Crippen LogP contribution in [0.15, 0.2) is 30.6 Å². The van der Waals surface area contributed by atoms with E-state index in [0.29, 0.717) is 0 Å². The van der Waals surface area contributed by atoms with Crippen LogP contribution >= 0.6 is 0 Å². The highest BCUT2D eigenvalue weighted by atomic mass is 16.6. The lowest BCUT2D eigenvalue weighted by Gasteiger charge is -2.21. The average molecular weight is 316 g/mol. The minimum absolute atomic E-state index is 0.107. The molecule has 0 amide bonds. The van der Waals surface area contributed by atoms with Gasteiger partial charge in [-0.15, -0.1) is 0 Å². The second kappa shape index (κ2) is 6.57. The van der Waals surface area contributed by atoms with E-state index in [-0.39, 0.29) is 22.9 Å². The van der Waals surface area contributed by atoms with Crippen molar-refractivity contribution in [1.82, 2.24) is 15.4 Å². The normalized spacial score (nSPS) is 11.1. The third kappa shape index (κ3) is 4.36. The van der Waals surface area contributed by atoms with Crippen LogP contribution in [0, 0.1) is 17.0 Å². The summed E-state index contributed by atoms with van der Waals surface area (Å²) in [5.41, 5.74) is 6.98. The van der Waals surface area contributed by atoms with Crippen molar-refractivity contribution >= 4 is 23.0 Å². The molecule has 0 atom stereocenters. The van der Waals surface area contributed by atoms with Gasteiger partial charge < -0.3 is 5.32 Å². The minimum atomic E-state index is -0.507. The molecule has 8 heteroatoms. The second-order valence-electron chi connectivity index (χ2n) is 6.12. The molecule has 0 spiro atoms. The molecule has 0 radical (unpaired) electrons. The van der Waals surface area contributed by atoms with E-state index in [1.807, 2.05) is 52.0 Å². The molecule has 3 N–H and O–H groups in total. The first-order chi connectivity index (χ1) is 10.8. The Bertz CT molecular complexity index is 711. The van der Waals surface area contributed by atoms with Gasteiger partial charge in [-0.2, -0.15) is 0 Å². The van der Waals surface area contributed by atoms with Gasteiger partial charge in [0.2, 0.25) is 11.6 Å². The Morgan fingerprint density at radius 1 is 1.13 bits per heavy atom. The number of nitrogens with one attached hydrogen (secondary N) is 3. The standard InChI is InChI=1S/C15H20N6O2/c1-10-7-5-6-8-11(10)18-13-12(21(22)23)14(17-9-16-13)19-20-15(2,3)4/h5-9,20H,1-4H3,(H2,16,17,18,19). The Hall–Kier alpha value is -2.74. The molecule has 2 aromatic rings. The summed E-state index contributed by atoms with van der Waals surface area (Å²) in [6.45, 7) is 7.70. The molecule has 23 heavy (non-hydrogen) atoms. The lowest BCUT2D eigenvalue weighted by molar-refractivity contribution is -0.383. The molecule has 8 nitrogen and oxygen atoms in total. The highest BCUT2D eigenvalue weighted by Gasteiger charge is 2.24. The lowest BCUT2D eigenvalue weighted by atomic mass is 10.1. The zero-order valence-electron chi connectivity index (χ0n) is 13.5. The number of nitro groups is 1. The highest BCUT2D eigenvalue weighted by Crippen LogP contribution is 2.31. The van der Waals surface area contributed by atoms with Crippen molar-refractivity contribution in [3.05, 3.63) is 46.3 Å². The van der Waals surface area contributed by atoms with Gasteiger partial charge in [0.25, 0.3) is 0 Å². The summed E-state index contributed by atoms with van der Waals surface area (Å²) in [7, 11) is 0. The Morgan fingerprint density at radius 2 is 1.78 bits per heavy atom. The quantitative estimate of drug-likeness (QED) is 0.574. The summed E-state index contributed by atoms with van der Waals surface area (Å²) >= 11 is 0. The molecule has 1 aromatic heterocycles. The van der Waals surface area contributed by atoms with Crippen LogP contribution in [0.5, 0.6) is 0 Å². The number of hydrogen-bond acceptors (Lipinski definition) is 7. The first kappa shape index (κ1) is 16.6. The maximum atomic E-state index is 11.5. The molecule has 0 aliphatic carbocycles. The van der Waals surface area contributed by atoms with Crippen molar-refractivity contribution < 1.29 is 4.92 Å². The smallest absolute Gasteiger partial charge is 0.334 e. The second-order valence-corrected chi connectivity index (χ2v) is 6.12. The summed E-state index contributed by atoms with van der Waals surface area (Å²) in [6, 6.07) is 7.50. The Balaban J connectivity index is 2.36. The van der Waals surface area contributed by atoms with Crippen LogP contribution in [-0.4, -0.2) is 20.4 Å². The molecule has 122 valence electrons. The number of hydrazine groups is 1. The first-order valence-electron chi connectivity index (χ1n) is 7.13. The lowest BCUT2D eigenvalue weighted by Crippen LogP contribution is -2.40. The molecule has 0 aliphatic heterocycles. The van der Waals surface area contributed by atoms with E-state index in [0.717, 1.165) is 11.3 Å². The van der Waals surface area contributed by atoms with E-state index in [4.69, 9.17) is 0 Å². The van der Waals surface area contributed by atoms with Gasteiger partial charge in [-0.1, -0.05) is 18.2 Å². The topological polar surface area (TPSA) is 105 Å². The molecule has 0 fully saturated rings. The SMILES string of the molecule is Cc1ccccc1Nc1ncnc(NNC(C)(C)C)c1[N+](=O)[O-]. The van der Waals surface area contributed by atoms with Crippen LogP contribution in [0.1, 0.15) is 26.3 Å². The van der Waals surface area contributed by atoms with E-state index in [2.05, 4.69) is 26.1 Å². The molecule has 0 unspecified atom stereocenters. The van der Waals surface area contributed by atoms with Gasteiger partial charge in [0, 0.05) is 11.2 Å². The summed E-state index contributed by atoms with van der Waals surface area (Å²) in [6.07, 6.45) is 1.28. The zero-order valence-corrected chi connectivity index (χ0v) is 13.5. The van der Waals surface area contributed by atoms with Crippen LogP contribution in [0.4, 0.5) is 23.0 Å². The van der Waals surface area contributed by atoms with Crippen molar-refractivity contribution in [3.8, 4) is 0 Å². The van der Waals surface area contributed by atoms with E-state index in [1.165, 1.54) is 6.33 Å². The number of anilines is 3. The predicted octanol–water partition coefficient (Wildman–Crippen LogP) is 3.15. The Labute approximate surface area is 134 Å². The van der Waals surface area contributed by atoms with Crippen LogP contribution in [0.2, 0.25) is 0 Å². The van der Waals surface area contributed by atoms with Gasteiger partial charge in [-0.05, 0) is 39.3 Å². The van der Waals surface area contributed by atoms with Gasteiger partial charge >= 0.3 is 5.69 Å². The molecule has 1 heterocycles. The number of nitrogens with zero attached hydrogens (tertiary/aromatic N) is 3. The number of aryl methyl sites for hydroxylation is 1. The van der Waals surface area contributed by atoms with Gasteiger partial charge in [0.05, 0.1) is 4.92 Å². The maximum absolute atomic E-state index is 11.5. The van der Waals surface area contributed by atoms with E-state index in [1.54, 1.807) is 0 Å². The third-order valence-corrected chi connectivity index (χ3v) is 2.96. The number of aromatic nitrogens is 2. The molecule has 2 rings (SSSR count). The fourth-order valence-electron chi connectivity index (χ4n) is 1.82. The molecular weight excluding hydrogens is 296 g/mol. The van der Waals surface area contributed by atoms with Crippen LogP contribution < -0.4 is 16.2 Å². The molecule has 0 saturated carbocycles. The molecular formula is C15H20N6O2. The number of benzene rings is 1. The van der Waals surface area contributed by atoms with E-state index >= 15 is 0 Å². The third-order valence-electron chi connectivity index (χ3n) is 2.96. The minimum Gasteiger partial charge on any atom is -0.334 e. The monoisotopic (exact) mass is 316 g/mol. The summed E-state index contributed by atoms with van der Waals surface area (Å²) in [5.74, 6) is 0.244. The largest absolute Gasteiger partial charge is 0.354 e. The number of hydrogen-bond donors (Lipinski definition) is 3. The van der Waals surface area contributed by atoms with Gasteiger partial charge in [-0.3, -0.25) is 15.5 Å². The van der Waals surface area contributed by atoms with E-state index < -0.39 is 4.92 Å². The molecule has 0 bridgehead atoms. The van der Waals surface area contributed by atoms with Crippen molar-refractivity contribution in [2.45, 2.75) is 33.2 Å². The Morgan fingerprint density at radius 3 is 2.39 bits per heavy atom. The summed E-state index contributed by atoms with van der Waals surface area (Å²) in [5, 5.41) is 14.5. The molecule has 0 saturated heterocycles. The maximum Gasteiger partial charge on any atom is 0.354 e. The number of para-hydroxylation sites is 1. The van der Waals surface area contributed by atoms with Gasteiger partial charge in [0.1, 0.15) is 6.33 Å². The van der Waals surface area contributed by atoms with Crippen LogP contribution in [0.3, 0.4) is 0 Å². The van der Waals surface area contributed by atoms with Crippen LogP contribution in [-0.2, 0) is 0 Å². The van der Waals surface area contributed by atoms with E-state index in [9.17, 15) is 10.1 Å². The summed E-state index contributed by atoms with van der Waals surface area (Å²) in [4.78, 5) is 18.9. The van der Waals surface area contributed by atoms with Crippen molar-refractivity contribution in [2.75, 3.05) is 10.7 Å². The van der Waals surface area contributed by atoms with Crippen molar-refractivity contribution in [2.24, 2.45) is 0 Å². The fraction of sp³-hybridized carbons (Fsp3) is 0.333. The molecule has 0 aliphatic rings. The summed E-state index contributed by atoms with van der Waals surface area (Å²) < 4.78 is 0. The fourth-order valence-corrected chi connectivity index (χ4v) is 1.82. The van der Waals surface area contributed by atoms with Crippen LogP contribution in [0.25, 0.3) is 0 Å². The highest BCUT2D eigenvalue weighted by molar-refractivity contribution is 5.74. The number of rotatable bonds is 5. The van der Waals surface area contributed by atoms with Gasteiger partial charge in [0.15, 0.2) is 0 Å². The predicted molar refractivity (Wildman–Crippen MR) is 89.7 cm³/mol. The Kier molecular flexibility index (Phi) is 4.75. The zero-order chi connectivity index (χ0) is 17.0.